The Morgan fingerprint density at radius 3 is 2.14 bits per heavy atom. The second-order valence-corrected chi connectivity index (χ2v) is 6.83. The lowest BCUT2D eigenvalue weighted by atomic mass is 9.70. The number of rotatable bonds is 4. The molecule has 1 fully saturated rings. The Morgan fingerprint density at radius 1 is 1.10 bits per heavy atom. The number of hydrogen-bond acceptors (Lipinski definition) is 3. The van der Waals surface area contributed by atoms with E-state index in [0.29, 0.717) is 24.8 Å². The maximum Gasteiger partial charge on any atom is 0.162 e. The zero-order chi connectivity index (χ0) is 15.6. The molecule has 1 aliphatic rings. The monoisotopic (exact) mass is 286 g/mol. The summed E-state index contributed by atoms with van der Waals surface area (Å²) in [4.78, 5) is 36.3. The first-order valence-electron chi connectivity index (χ1n) is 7.44. The maximum atomic E-state index is 12.1. The molecule has 0 saturated heterocycles. The van der Waals surface area contributed by atoms with Gasteiger partial charge in [0.25, 0.3) is 0 Å². The first kappa shape index (κ1) is 15.6. The average molecular weight is 286 g/mol. The van der Waals surface area contributed by atoms with Gasteiger partial charge >= 0.3 is 0 Å². The molecule has 1 aromatic carbocycles. The first-order valence-corrected chi connectivity index (χ1v) is 7.44. The minimum Gasteiger partial charge on any atom is -0.299 e. The summed E-state index contributed by atoms with van der Waals surface area (Å²) < 4.78 is 0. The van der Waals surface area contributed by atoms with Crippen molar-refractivity contribution in [3.8, 4) is 0 Å². The lowest BCUT2D eigenvalue weighted by Gasteiger charge is -2.31. The van der Waals surface area contributed by atoms with Gasteiger partial charge in [0.2, 0.25) is 0 Å². The van der Waals surface area contributed by atoms with E-state index < -0.39 is 5.92 Å². The normalized spacial score (nSPS) is 18.8. The van der Waals surface area contributed by atoms with E-state index in [1.807, 2.05) is 32.9 Å². The molecular formula is C18H22O3. The van der Waals surface area contributed by atoms with Crippen LogP contribution in [0.25, 0.3) is 0 Å². The van der Waals surface area contributed by atoms with Gasteiger partial charge in [-0.1, -0.05) is 43.7 Å². The summed E-state index contributed by atoms with van der Waals surface area (Å²) in [6.45, 7) is 5.85. The van der Waals surface area contributed by atoms with Crippen LogP contribution in [0, 0.1) is 18.3 Å². The van der Waals surface area contributed by atoms with Crippen LogP contribution in [0.2, 0.25) is 0 Å². The quantitative estimate of drug-likeness (QED) is 0.628. The Kier molecular flexibility index (Phi) is 4.40. The Labute approximate surface area is 125 Å². The van der Waals surface area contributed by atoms with E-state index in [1.165, 1.54) is 0 Å². The van der Waals surface area contributed by atoms with Crippen molar-refractivity contribution in [3.63, 3.8) is 0 Å². The summed E-state index contributed by atoms with van der Waals surface area (Å²) in [5.74, 6) is -0.589. The predicted octanol–water partition coefficient (Wildman–Crippen LogP) is 3.53. The highest BCUT2D eigenvalue weighted by molar-refractivity contribution is 6.06. The van der Waals surface area contributed by atoms with E-state index in [9.17, 15) is 14.4 Å². The topological polar surface area (TPSA) is 51.2 Å². The van der Waals surface area contributed by atoms with Crippen LogP contribution in [0.15, 0.2) is 24.3 Å². The molecule has 0 aromatic heterocycles. The number of carbonyl (C=O) groups excluding carboxylic acids is 3. The van der Waals surface area contributed by atoms with E-state index in [4.69, 9.17) is 0 Å². The van der Waals surface area contributed by atoms with E-state index >= 15 is 0 Å². The van der Waals surface area contributed by atoms with Crippen LogP contribution < -0.4 is 0 Å². The lowest BCUT2D eigenvalue weighted by Crippen LogP contribution is -2.37. The van der Waals surface area contributed by atoms with Crippen molar-refractivity contribution in [1.82, 2.24) is 0 Å². The first-order chi connectivity index (χ1) is 9.78. The average Bonchev–Trinajstić information content (AvgIpc) is 2.36. The standard InChI is InChI=1S/C18H22O3/c1-12-4-6-13(7-5-12)15(19)9-8-14-16(20)10-18(2,3)11-17(14)21/h4-7,14H,8-11H2,1-3H3. The molecule has 0 N–H and O–H groups in total. The highest BCUT2D eigenvalue weighted by atomic mass is 16.2. The van der Waals surface area contributed by atoms with Crippen molar-refractivity contribution >= 4 is 17.3 Å². The highest BCUT2D eigenvalue weighted by Gasteiger charge is 2.39. The van der Waals surface area contributed by atoms with Crippen LogP contribution in [0.3, 0.4) is 0 Å². The van der Waals surface area contributed by atoms with Gasteiger partial charge in [-0.2, -0.15) is 0 Å². The van der Waals surface area contributed by atoms with Crippen LogP contribution in [0.4, 0.5) is 0 Å². The van der Waals surface area contributed by atoms with Crippen molar-refractivity contribution in [2.75, 3.05) is 0 Å². The fraction of sp³-hybridized carbons (Fsp3) is 0.500. The summed E-state index contributed by atoms with van der Waals surface area (Å²) in [5, 5.41) is 0. The van der Waals surface area contributed by atoms with Gasteiger partial charge < -0.3 is 0 Å². The van der Waals surface area contributed by atoms with Gasteiger partial charge in [-0.05, 0) is 18.8 Å². The lowest BCUT2D eigenvalue weighted by molar-refractivity contribution is -0.139. The molecule has 3 nitrogen and oxygen atoms in total. The van der Waals surface area contributed by atoms with E-state index in [-0.39, 0.29) is 29.2 Å². The molecule has 1 saturated carbocycles. The Hall–Kier alpha value is -1.77. The van der Waals surface area contributed by atoms with Gasteiger partial charge in [0.15, 0.2) is 5.78 Å². The maximum absolute atomic E-state index is 12.1. The summed E-state index contributed by atoms with van der Waals surface area (Å²) in [6, 6.07) is 7.38. The van der Waals surface area contributed by atoms with Crippen molar-refractivity contribution in [2.24, 2.45) is 11.3 Å². The second-order valence-electron chi connectivity index (χ2n) is 6.83. The van der Waals surface area contributed by atoms with Crippen molar-refractivity contribution < 1.29 is 14.4 Å². The number of ketones is 3. The molecule has 0 radical (unpaired) electrons. The largest absolute Gasteiger partial charge is 0.299 e. The molecular weight excluding hydrogens is 264 g/mol. The second kappa shape index (κ2) is 5.92. The Morgan fingerprint density at radius 2 is 1.62 bits per heavy atom. The molecule has 0 bridgehead atoms. The highest BCUT2D eigenvalue weighted by Crippen LogP contribution is 2.35. The Balaban J connectivity index is 1.96. The molecule has 2 rings (SSSR count). The van der Waals surface area contributed by atoms with Gasteiger partial charge in [0.1, 0.15) is 11.6 Å². The van der Waals surface area contributed by atoms with E-state index in [0.717, 1.165) is 5.56 Å². The van der Waals surface area contributed by atoms with Crippen LogP contribution in [-0.4, -0.2) is 17.3 Å². The van der Waals surface area contributed by atoms with Gasteiger partial charge in [-0.3, -0.25) is 14.4 Å². The molecule has 0 spiro atoms. The predicted molar refractivity (Wildman–Crippen MR) is 81.3 cm³/mol. The minimum absolute atomic E-state index is 0.000402. The van der Waals surface area contributed by atoms with Crippen LogP contribution >= 0.6 is 0 Å². The third-order valence-electron chi connectivity index (χ3n) is 4.12. The summed E-state index contributed by atoms with van der Waals surface area (Å²) in [5.41, 5.74) is 1.52. The number of carbonyl (C=O) groups is 3. The number of Topliss-reactive ketones (excluding diaryl/α,β-unsaturated/α-hetero) is 3. The molecule has 0 aliphatic heterocycles. The van der Waals surface area contributed by atoms with E-state index in [2.05, 4.69) is 0 Å². The summed E-state index contributed by atoms with van der Waals surface area (Å²) in [6.07, 6.45) is 1.47. The van der Waals surface area contributed by atoms with Crippen molar-refractivity contribution in [3.05, 3.63) is 35.4 Å². The fourth-order valence-corrected chi connectivity index (χ4v) is 2.91. The number of benzene rings is 1. The van der Waals surface area contributed by atoms with Crippen LogP contribution in [-0.2, 0) is 9.59 Å². The van der Waals surface area contributed by atoms with Gasteiger partial charge in [0.05, 0.1) is 5.92 Å². The van der Waals surface area contributed by atoms with Gasteiger partial charge in [0, 0.05) is 24.8 Å². The van der Waals surface area contributed by atoms with Gasteiger partial charge in [-0.25, -0.2) is 0 Å². The molecule has 0 atom stereocenters. The van der Waals surface area contributed by atoms with Gasteiger partial charge in [-0.15, -0.1) is 0 Å². The smallest absolute Gasteiger partial charge is 0.162 e. The SMILES string of the molecule is Cc1ccc(C(=O)CCC2C(=O)CC(C)(C)CC2=O)cc1. The third-order valence-corrected chi connectivity index (χ3v) is 4.12. The summed E-state index contributed by atoms with van der Waals surface area (Å²) in [7, 11) is 0. The third kappa shape index (κ3) is 3.87. The fourth-order valence-electron chi connectivity index (χ4n) is 2.91. The molecule has 112 valence electrons. The summed E-state index contributed by atoms with van der Waals surface area (Å²) >= 11 is 0. The molecule has 21 heavy (non-hydrogen) atoms. The minimum atomic E-state index is -0.576. The van der Waals surface area contributed by atoms with Crippen LogP contribution in [0.1, 0.15) is 55.5 Å². The number of aryl methyl sites for hydroxylation is 1. The van der Waals surface area contributed by atoms with Crippen LogP contribution in [0.5, 0.6) is 0 Å². The zero-order valence-corrected chi connectivity index (χ0v) is 12.9. The molecule has 0 amide bonds. The Bertz CT molecular complexity index is 547. The van der Waals surface area contributed by atoms with Crippen molar-refractivity contribution in [1.29, 1.82) is 0 Å². The molecule has 0 unspecified atom stereocenters. The number of hydrogen-bond donors (Lipinski definition) is 0. The zero-order valence-electron chi connectivity index (χ0n) is 12.9. The molecule has 0 heterocycles. The van der Waals surface area contributed by atoms with E-state index in [1.54, 1.807) is 12.1 Å². The molecule has 1 aliphatic carbocycles. The molecule has 1 aromatic rings. The van der Waals surface area contributed by atoms with Crippen molar-refractivity contribution in [2.45, 2.75) is 46.5 Å². The molecule has 3 heteroatoms.